The largest absolute Gasteiger partial charge is 0.478 e. The van der Waals surface area contributed by atoms with Crippen LogP contribution in [0.3, 0.4) is 0 Å². The van der Waals surface area contributed by atoms with Crippen LogP contribution in [0.4, 0.5) is 0 Å². The van der Waals surface area contributed by atoms with Gasteiger partial charge in [-0.3, -0.25) is 0 Å². The first-order chi connectivity index (χ1) is 6.69. The Balaban J connectivity index is 3.07. The molecule has 0 aromatic heterocycles. The average Bonchev–Trinajstić information content (AvgIpc) is 2.20. The van der Waals surface area contributed by atoms with Crippen molar-refractivity contribution in [1.29, 1.82) is 5.26 Å². The van der Waals surface area contributed by atoms with Gasteiger partial charge in [0, 0.05) is 5.56 Å². The van der Waals surface area contributed by atoms with Crippen molar-refractivity contribution in [3.05, 3.63) is 35.4 Å². The number of carboxylic acid groups (broad SMARTS) is 1. The molecule has 1 aromatic rings. The van der Waals surface area contributed by atoms with Gasteiger partial charge in [0.2, 0.25) is 0 Å². The molecule has 0 aliphatic rings. The van der Waals surface area contributed by atoms with E-state index in [1.54, 1.807) is 6.07 Å². The minimum Gasteiger partial charge on any atom is -0.478 e. The van der Waals surface area contributed by atoms with Gasteiger partial charge < -0.3 is 10.3 Å². The molecule has 0 aliphatic heterocycles. The van der Waals surface area contributed by atoms with Gasteiger partial charge >= 0.3 is 5.97 Å². The van der Waals surface area contributed by atoms with Crippen LogP contribution in [0.1, 0.15) is 15.9 Å². The predicted octanol–water partition coefficient (Wildman–Crippen LogP) is 1.09. The van der Waals surface area contributed by atoms with Crippen LogP contribution in [-0.2, 0) is 0 Å². The van der Waals surface area contributed by atoms with Crippen molar-refractivity contribution >= 4 is 11.7 Å². The van der Waals surface area contributed by atoms with Crippen molar-refractivity contribution in [2.75, 3.05) is 0 Å². The van der Waals surface area contributed by atoms with Crippen molar-refractivity contribution in [1.82, 2.24) is 0 Å². The van der Waals surface area contributed by atoms with Gasteiger partial charge in [-0.25, -0.2) is 4.79 Å². The highest BCUT2D eigenvalue weighted by Crippen LogP contribution is 2.05. The summed E-state index contributed by atoms with van der Waals surface area (Å²) in [7, 11) is 0. The minimum absolute atomic E-state index is 0.115. The summed E-state index contributed by atoms with van der Waals surface area (Å²) in [4.78, 5) is 10.5. The SMILES string of the molecule is N#C/C(=N\O)c1ccc(C(=O)O)cc1. The van der Waals surface area contributed by atoms with Gasteiger partial charge in [0.15, 0.2) is 5.71 Å². The Bertz CT molecular complexity index is 415. The summed E-state index contributed by atoms with van der Waals surface area (Å²) in [6.45, 7) is 0. The van der Waals surface area contributed by atoms with Crippen LogP contribution in [0.2, 0.25) is 0 Å². The summed E-state index contributed by atoms with van der Waals surface area (Å²) >= 11 is 0. The second kappa shape index (κ2) is 4.05. The zero-order chi connectivity index (χ0) is 10.6. The molecular weight excluding hydrogens is 184 g/mol. The van der Waals surface area contributed by atoms with E-state index >= 15 is 0 Å². The predicted molar refractivity (Wildman–Crippen MR) is 47.3 cm³/mol. The topological polar surface area (TPSA) is 93.7 Å². The second-order valence-corrected chi connectivity index (χ2v) is 2.44. The summed E-state index contributed by atoms with van der Waals surface area (Å²) in [6.07, 6.45) is 0. The summed E-state index contributed by atoms with van der Waals surface area (Å²) < 4.78 is 0. The highest BCUT2D eigenvalue weighted by Gasteiger charge is 2.05. The fourth-order valence-electron chi connectivity index (χ4n) is 0.915. The number of aromatic carboxylic acids is 1. The van der Waals surface area contributed by atoms with E-state index in [0.717, 1.165) is 0 Å². The lowest BCUT2D eigenvalue weighted by Gasteiger charge is -1.96. The number of hydrogen-bond acceptors (Lipinski definition) is 4. The molecule has 0 fully saturated rings. The monoisotopic (exact) mass is 190 g/mol. The van der Waals surface area contributed by atoms with Crippen LogP contribution in [0, 0.1) is 11.3 Å². The average molecular weight is 190 g/mol. The number of benzene rings is 1. The van der Waals surface area contributed by atoms with Crippen molar-refractivity contribution in [3.8, 4) is 6.07 Å². The van der Waals surface area contributed by atoms with Crippen LogP contribution in [0.5, 0.6) is 0 Å². The van der Waals surface area contributed by atoms with E-state index < -0.39 is 5.97 Å². The molecule has 0 aliphatic carbocycles. The Morgan fingerprint density at radius 2 is 1.79 bits per heavy atom. The molecular formula is C9H6N2O3. The Hall–Kier alpha value is -2.35. The summed E-state index contributed by atoms with van der Waals surface area (Å²) in [5, 5.41) is 28.3. The first kappa shape index (κ1) is 9.74. The fourth-order valence-corrected chi connectivity index (χ4v) is 0.915. The molecule has 0 spiro atoms. The van der Waals surface area contributed by atoms with Crippen LogP contribution >= 0.6 is 0 Å². The quantitative estimate of drug-likeness (QED) is 0.414. The van der Waals surface area contributed by atoms with Crippen LogP contribution in [-0.4, -0.2) is 22.0 Å². The molecule has 1 rings (SSSR count). The van der Waals surface area contributed by atoms with E-state index in [0.29, 0.717) is 5.56 Å². The molecule has 2 N–H and O–H groups in total. The summed E-state index contributed by atoms with van der Waals surface area (Å²) in [5.74, 6) is -1.05. The van der Waals surface area contributed by atoms with Gasteiger partial charge in [-0.15, -0.1) is 0 Å². The lowest BCUT2D eigenvalue weighted by atomic mass is 10.1. The van der Waals surface area contributed by atoms with Crippen molar-refractivity contribution < 1.29 is 15.1 Å². The molecule has 0 bridgehead atoms. The Morgan fingerprint density at radius 3 is 2.14 bits per heavy atom. The Kier molecular flexibility index (Phi) is 2.82. The second-order valence-electron chi connectivity index (χ2n) is 2.44. The molecule has 0 saturated carbocycles. The smallest absolute Gasteiger partial charge is 0.335 e. The highest BCUT2D eigenvalue weighted by atomic mass is 16.4. The van der Waals surface area contributed by atoms with Crippen LogP contribution < -0.4 is 0 Å². The van der Waals surface area contributed by atoms with Crippen molar-refractivity contribution in [2.45, 2.75) is 0 Å². The lowest BCUT2D eigenvalue weighted by Crippen LogP contribution is -2.00. The molecule has 70 valence electrons. The molecule has 1 aromatic carbocycles. The minimum atomic E-state index is -1.05. The Labute approximate surface area is 79.5 Å². The molecule has 0 unspecified atom stereocenters. The number of rotatable bonds is 2. The van der Waals surface area contributed by atoms with Crippen molar-refractivity contribution in [2.24, 2.45) is 5.16 Å². The molecule has 5 heteroatoms. The van der Waals surface area contributed by atoms with Crippen LogP contribution in [0.25, 0.3) is 0 Å². The zero-order valence-electron chi connectivity index (χ0n) is 7.01. The zero-order valence-corrected chi connectivity index (χ0v) is 7.01. The third kappa shape index (κ3) is 1.87. The summed E-state index contributed by atoms with van der Waals surface area (Å²) in [6, 6.07) is 7.15. The maximum atomic E-state index is 10.5. The molecule has 14 heavy (non-hydrogen) atoms. The molecule has 0 radical (unpaired) electrons. The first-order valence-electron chi connectivity index (χ1n) is 3.65. The van der Waals surface area contributed by atoms with E-state index in [2.05, 4.69) is 5.16 Å². The van der Waals surface area contributed by atoms with Gasteiger partial charge in [-0.2, -0.15) is 5.26 Å². The van der Waals surface area contributed by atoms with Gasteiger partial charge in [0.05, 0.1) is 5.56 Å². The number of oxime groups is 1. The normalized spacial score (nSPS) is 10.6. The lowest BCUT2D eigenvalue weighted by molar-refractivity contribution is 0.0697. The first-order valence-corrected chi connectivity index (χ1v) is 3.65. The molecule has 0 atom stereocenters. The van der Waals surface area contributed by atoms with Crippen LogP contribution in [0.15, 0.2) is 29.4 Å². The van der Waals surface area contributed by atoms with E-state index in [9.17, 15) is 4.79 Å². The van der Waals surface area contributed by atoms with Crippen molar-refractivity contribution in [3.63, 3.8) is 0 Å². The molecule has 5 nitrogen and oxygen atoms in total. The number of nitriles is 1. The number of nitrogens with zero attached hydrogens (tertiary/aromatic N) is 2. The number of carboxylic acids is 1. The molecule has 0 heterocycles. The van der Waals surface area contributed by atoms with E-state index in [1.807, 2.05) is 0 Å². The van der Waals surface area contributed by atoms with E-state index in [-0.39, 0.29) is 11.3 Å². The summed E-state index contributed by atoms with van der Waals surface area (Å²) in [5.41, 5.74) is 0.339. The number of hydrogen-bond donors (Lipinski definition) is 2. The molecule has 0 saturated heterocycles. The van der Waals surface area contributed by atoms with Gasteiger partial charge in [-0.1, -0.05) is 17.3 Å². The third-order valence-electron chi connectivity index (χ3n) is 1.61. The maximum absolute atomic E-state index is 10.5. The van der Waals surface area contributed by atoms with Gasteiger partial charge in [0.25, 0.3) is 0 Å². The fraction of sp³-hybridized carbons (Fsp3) is 0. The number of carbonyl (C=O) groups is 1. The standard InChI is InChI=1S/C9H6N2O3/c10-5-8(11-14)6-1-3-7(4-2-6)9(12)13/h1-4,14H,(H,12,13)/b11-8+. The van der Waals surface area contributed by atoms with E-state index in [4.69, 9.17) is 15.6 Å². The highest BCUT2D eigenvalue weighted by molar-refractivity contribution is 6.11. The third-order valence-corrected chi connectivity index (χ3v) is 1.61. The van der Waals surface area contributed by atoms with E-state index in [1.165, 1.54) is 24.3 Å². The van der Waals surface area contributed by atoms with Gasteiger partial charge in [0.1, 0.15) is 6.07 Å². The Morgan fingerprint density at radius 1 is 1.29 bits per heavy atom. The maximum Gasteiger partial charge on any atom is 0.335 e. The molecule has 0 amide bonds. The van der Waals surface area contributed by atoms with Gasteiger partial charge in [-0.05, 0) is 12.1 Å².